The van der Waals surface area contributed by atoms with Gasteiger partial charge in [-0.1, -0.05) is 13.3 Å². The van der Waals surface area contributed by atoms with Crippen LogP contribution in [0.2, 0.25) is 0 Å². The fourth-order valence-electron chi connectivity index (χ4n) is 3.34. The molecule has 1 aliphatic carbocycles. The molecule has 0 aromatic rings. The molecule has 0 bridgehead atoms. The summed E-state index contributed by atoms with van der Waals surface area (Å²) < 4.78 is 0. The predicted octanol–water partition coefficient (Wildman–Crippen LogP) is 2.14. The van der Waals surface area contributed by atoms with Crippen molar-refractivity contribution in [1.29, 1.82) is 0 Å². The van der Waals surface area contributed by atoms with Gasteiger partial charge in [0.1, 0.15) is 0 Å². The highest BCUT2D eigenvalue weighted by atomic mass is 16.4. The molecular weight excluding hydrogens is 230 g/mol. The van der Waals surface area contributed by atoms with Crippen LogP contribution in [0.15, 0.2) is 0 Å². The molecule has 4 heteroatoms. The van der Waals surface area contributed by atoms with Gasteiger partial charge in [-0.05, 0) is 37.5 Å². The smallest absolute Gasteiger partial charge is 0.303 e. The van der Waals surface area contributed by atoms with Crippen molar-refractivity contribution in [1.82, 2.24) is 4.90 Å². The van der Waals surface area contributed by atoms with Crippen molar-refractivity contribution in [2.75, 3.05) is 13.1 Å². The van der Waals surface area contributed by atoms with Crippen LogP contribution in [0, 0.1) is 17.8 Å². The van der Waals surface area contributed by atoms with Crippen LogP contribution in [0.5, 0.6) is 0 Å². The third kappa shape index (κ3) is 3.03. The normalized spacial score (nSPS) is 31.8. The molecule has 2 aliphatic rings. The van der Waals surface area contributed by atoms with Crippen LogP contribution in [0.3, 0.4) is 0 Å². The molecule has 1 aliphatic heterocycles. The molecule has 1 heterocycles. The van der Waals surface area contributed by atoms with E-state index >= 15 is 0 Å². The van der Waals surface area contributed by atoms with Crippen LogP contribution >= 0.6 is 0 Å². The number of rotatable bonds is 4. The number of nitrogens with zero attached hydrogens (tertiary/aromatic N) is 1. The zero-order valence-electron chi connectivity index (χ0n) is 11.1. The van der Waals surface area contributed by atoms with E-state index in [0.717, 1.165) is 25.9 Å². The zero-order chi connectivity index (χ0) is 13.1. The van der Waals surface area contributed by atoms with Crippen molar-refractivity contribution < 1.29 is 14.7 Å². The Morgan fingerprint density at radius 2 is 2.06 bits per heavy atom. The number of hydrogen-bond donors (Lipinski definition) is 1. The highest BCUT2D eigenvalue weighted by molar-refractivity contribution is 5.79. The van der Waals surface area contributed by atoms with Crippen molar-refractivity contribution in [3.05, 3.63) is 0 Å². The first-order valence-corrected chi connectivity index (χ1v) is 7.08. The fourth-order valence-corrected chi connectivity index (χ4v) is 3.34. The highest BCUT2D eigenvalue weighted by Gasteiger charge is 2.35. The van der Waals surface area contributed by atoms with E-state index in [1.165, 1.54) is 12.8 Å². The largest absolute Gasteiger partial charge is 0.481 e. The third-order valence-corrected chi connectivity index (χ3v) is 4.54. The summed E-state index contributed by atoms with van der Waals surface area (Å²) in [4.78, 5) is 24.9. The second-order valence-electron chi connectivity index (χ2n) is 5.89. The first kappa shape index (κ1) is 13.4. The molecule has 18 heavy (non-hydrogen) atoms. The lowest BCUT2D eigenvalue weighted by Crippen LogP contribution is -2.35. The van der Waals surface area contributed by atoms with Gasteiger partial charge < -0.3 is 10.0 Å². The van der Waals surface area contributed by atoms with Crippen molar-refractivity contribution in [2.24, 2.45) is 17.8 Å². The molecule has 1 saturated carbocycles. The summed E-state index contributed by atoms with van der Waals surface area (Å²) in [5, 5.41) is 8.68. The van der Waals surface area contributed by atoms with Crippen LogP contribution in [-0.2, 0) is 9.59 Å². The van der Waals surface area contributed by atoms with Gasteiger partial charge in [0.05, 0.1) is 0 Å². The molecule has 3 atom stereocenters. The summed E-state index contributed by atoms with van der Waals surface area (Å²) in [6, 6.07) is 0. The Morgan fingerprint density at radius 1 is 1.28 bits per heavy atom. The van der Waals surface area contributed by atoms with Crippen molar-refractivity contribution in [3.8, 4) is 0 Å². The molecule has 2 rings (SSSR count). The van der Waals surface area contributed by atoms with E-state index in [4.69, 9.17) is 5.11 Å². The van der Waals surface area contributed by atoms with Gasteiger partial charge in [-0.25, -0.2) is 0 Å². The minimum atomic E-state index is -0.732. The van der Waals surface area contributed by atoms with Crippen LogP contribution < -0.4 is 0 Å². The number of carbonyl (C=O) groups is 2. The molecule has 0 aromatic carbocycles. The Kier molecular flexibility index (Phi) is 4.25. The number of carbonyl (C=O) groups excluding carboxylic acids is 1. The molecule has 1 saturated heterocycles. The summed E-state index contributed by atoms with van der Waals surface area (Å²) in [7, 11) is 0. The summed E-state index contributed by atoms with van der Waals surface area (Å²) in [5.74, 6) is 0.725. The number of likely N-dealkylation sites (tertiary alicyclic amines) is 1. The SMILES string of the molecule is CC1CCCC1C(=O)N1CCC(CCC(=O)O)C1. The lowest BCUT2D eigenvalue weighted by Gasteiger charge is -2.23. The molecule has 0 spiro atoms. The van der Waals surface area contributed by atoms with Crippen LogP contribution in [0.4, 0.5) is 0 Å². The zero-order valence-corrected chi connectivity index (χ0v) is 11.1. The molecule has 102 valence electrons. The van der Waals surface area contributed by atoms with Gasteiger partial charge in [-0.15, -0.1) is 0 Å². The second kappa shape index (κ2) is 5.72. The number of carboxylic acid groups (broad SMARTS) is 1. The van der Waals surface area contributed by atoms with Gasteiger partial charge >= 0.3 is 5.97 Å². The molecular formula is C14H23NO3. The van der Waals surface area contributed by atoms with E-state index in [9.17, 15) is 9.59 Å². The number of amides is 1. The van der Waals surface area contributed by atoms with E-state index in [0.29, 0.717) is 24.2 Å². The maximum atomic E-state index is 12.4. The lowest BCUT2D eigenvalue weighted by atomic mass is 9.96. The van der Waals surface area contributed by atoms with Crippen LogP contribution in [0.25, 0.3) is 0 Å². The Hall–Kier alpha value is -1.06. The van der Waals surface area contributed by atoms with E-state index in [1.54, 1.807) is 0 Å². The average Bonchev–Trinajstić information content (AvgIpc) is 2.94. The van der Waals surface area contributed by atoms with Crippen LogP contribution in [0.1, 0.15) is 45.4 Å². The average molecular weight is 253 g/mol. The van der Waals surface area contributed by atoms with E-state index in [1.807, 2.05) is 4.90 Å². The maximum Gasteiger partial charge on any atom is 0.303 e. The molecule has 1 N–H and O–H groups in total. The van der Waals surface area contributed by atoms with Gasteiger partial charge in [0.2, 0.25) is 5.91 Å². The minimum Gasteiger partial charge on any atom is -0.481 e. The van der Waals surface area contributed by atoms with E-state index < -0.39 is 5.97 Å². The number of carboxylic acids is 1. The molecule has 2 fully saturated rings. The van der Waals surface area contributed by atoms with Crippen LogP contribution in [-0.4, -0.2) is 35.0 Å². The summed E-state index contributed by atoms with van der Waals surface area (Å²) >= 11 is 0. The molecule has 1 amide bonds. The monoisotopic (exact) mass is 253 g/mol. The maximum absolute atomic E-state index is 12.4. The molecule has 3 unspecified atom stereocenters. The first-order chi connectivity index (χ1) is 8.58. The van der Waals surface area contributed by atoms with Crippen molar-refractivity contribution >= 4 is 11.9 Å². The molecule has 0 radical (unpaired) electrons. The van der Waals surface area contributed by atoms with Gasteiger partial charge in [0.15, 0.2) is 0 Å². The standard InChI is InChI=1S/C14H23NO3/c1-10-3-2-4-12(10)14(18)15-8-7-11(9-15)5-6-13(16)17/h10-12H,2-9H2,1H3,(H,16,17). The first-order valence-electron chi connectivity index (χ1n) is 7.08. The van der Waals surface area contributed by atoms with Gasteiger partial charge in [-0.2, -0.15) is 0 Å². The van der Waals surface area contributed by atoms with Gasteiger partial charge in [0.25, 0.3) is 0 Å². The van der Waals surface area contributed by atoms with Gasteiger partial charge in [-0.3, -0.25) is 9.59 Å². The quantitative estimate of drug-likeness (QED) is 0.835. The lowest BCUT2D eigenvalue weighted by molar-refractivity contribution is -0.137. The Labute approximate surface area is 108 Å². The van der Waals surface area contributed by atoms with Gasteiger partial charge in [0, 0.05) is 25.4 Å². The summed E-state index contributed by atoms with van der Waals surface area (Å²) in [6.07, 6.45) is 5.29. The Balaban J connectivity index is 1.81. The van der Waals surface area contributed by atoms with Crippen molar-refractivity contribution in [3.63, 3.8) is 0 Å². The van der Waals surface area contributed by atoms with Crippen molar-refractivity contribution in [2.45, 2.75) is 45.4 Å². The molecule has 4 nitrogen and oxygen atoms in total. The second-order valence-corrected chi connectivity index (χ2v) is 5.89. The predicted molar refractivity (Wildman–Crippen MR) is 68.1 cm³/mol. The highest BCUT2D eigenvalue weighted by Crippen LogP contribution is 2.34. The van der Waals surface area contributed by atoms with E-state index in [-0.39, 0.29) is 12.3 Å². The third-order valence-electron chi connectivity index (χ3n) is 4.54. The fraction of sp³-hybridized carbons (Fsp3) is 0.857. The summed E-state index contributed by atoms with van der Waals surface area (Å²) in [5.41, 5.74) is 0. The summed E-state index contributed by atoms with van der Waals surface area (Å²) in [6.45, 7) is 3.77. The Morgan fingerprint density at radius 3 is 2.67 bits per heavy atom. The number of hydrogen-bond acceptors (Lipinski definition) is 2. The van der Waals surface area contributed by atoms with E-state index in [2.05, 4.69) is 6.92 Å². The number of aliphatic carboxylic acids is 1. The minimum absolute atomic E-state index is 0.225. The Bertz CT molecular complexity index is 329. The molecule has 0 aromatic heterocycles. The topological polar surface area (TPSA) is 57.6 Å².